The van der Waals surface area contributed by atoms with Gasteiger partial charge in [-0.2, -0.15) is 13.2 Å². The van der Waals surface area contributed by atoms with Crippen LogP contribution in [0.3, 0.4) is 0 Å². The molecule has 9 heteroatoms. The van der Waals surface area contributed by atoms with Gasteiger partial charge in [-0.15, -0.1) is 0 Å². The lowest BCUT2D eigenvalue weighted by Crippen LogP contribution is -2.50. The van der Waals surface area contributed by atoms with E-state index in [2.05, 4.69) is 33.7 Å². The highest BCUT2D eigenvalue weighted by Crippen LogP contribution is 2.45. The number of H-pyrrole nitrogens is 1. The third-order valence-electron chi connectivity index (χ3n) is 7.36. The fraction of sp³-hybridized carbons (Fsp3) is 0.400. The number of aliphatic hydroxyl groups is 1. The first-order valence-corrected chi connectivity index (χ1v) is 13.1. The molecule has 39 heavy (non-hydrogen) atoms. The first-order chi connectivity index (χ1) is 18.3. The highest BCUT2D eigenvalue weighted by Gasteiger charge is 2.56. The van der Waals surface area contributed by atoms with Crippen molar-refractivity contribution in [2.75, 3.05) is 13.1 Å². The molecule has 0 radical (unpaired) electrons. The lowest BCUT2D eigenvalue weighted by Gasteiger charge is -2.38. The number of nitrogens with zero attached hydrogens (tertiary/aromatic N) is 3. The summed E-state index contributed by atoms with van der Waals surface area (Å²) in [5.41, 5.74) is -0.783. The van der Waals surface area contributed by atoms with Crippen LogP contribution in [0.15, 0.2) is 61.1 Å². The number of aromatic amines is 1. The molecule has 0 aliphatic rings. The molecule has 0 saturated heterocycles. The van der Waals surface area contributed by atoms with Gasteiger partial charge < -0.3 is 15.2 Å². The second-order valence-corrected chi connectivity index (χ2v) is 10.8. The molecule has 0 aliphatic heterocycles. The van der Waals surface area contributed by atoms with Gasteiger partial charge in [-0.25, -0.2) is 0 Å². The van der Waals surface area contributed by atoms with Crippen LogP contribution < -0.4 is 0 Å². The van der Waals surface area contributed by atoms with Crippen LogP contribution in [0.5, 0.6) is 5.75 Å². The highest BCUT2D eigenvalue weighted by molar-refractivity contribution is 5.80. The molecule has 3 N–H and O–H groups in total. The number of halogens is 3. The van der Waals surface area contributed by atoms with Crippen LogP contribution in [0.4, 0.5) is 13.2 Å². The Kier molecular flexibility index (Phi) is 8.04. The van der Waals surface area contributed by atoms with Crippen molar-refractivity contribution in [3.63, 3.8) is 0 Å². The molecular formula is C30H35F3N4O2. The Labute approximate surface area is 226 Å². The predicted molar refractivity (Wildman–Crippen MR) is 146 cm³/mol. The minimum atomic E-state index is -4.91. The van der Waals surface area contributed by atoms with Crippen LogP contribution in [0, 0.1) is 0 Å². The van der Waals surface area contributed by atoms with Crippen LogP contribution in [-0.2, 0) is 18.4 Å². The molecule has 0 spiro atoms. The van der Waals surface area contributed by atoms with E-state index in [0.717, 1.165) is 29.7 Å². The molecule has 1 atom stereocenters. The summed E-state index contributed by atoms with van der Waals surface area (Å²) >= 11 is 0. The van der Waals surface area contributed by atoms with Gasteiger partial charge in [0.25, 0.3) is 0 Å². The third kappa shape index (κ3) is 6.25. The first-order valence-electron chi connectivity index (χ1n) is 13.1. The number of fused-ring (bicyclic) bond motifs is 1. The molecule has 0 aliphatic carbocycles. The summed E-state index contributed by atoms with van der Waals surface area (Å²) in [5, 5.41) is 22.6. The van der Waals surface area contributed by atoms with Crippen molar-refractivity contribution in [3.05, 3.63) is 78.0 Å². The Hall–Kier alpha value is -3.43. The first kappa shape index (κ1) is 28.6. The van der Waals surface area contributed by atoms with Crippen LogP contribution in [0.1, 0.15) is 51.1 Å². The van der Waals surface area contributed by atoms with Gasteiger partial charge in [0, 0.05) is 47.6 Å². The summed E-state index contributed by atoms with van der Waals surface area (Å²) in [7, 11) is 0. The fourth-order valence-electron chi connectivity index (χ4n) is 5.19. The molecule has 4 rings (SSSR count). The number of phenolic OH excluding ortho intramolecular Hbond substituents is 1. The van der Waals surface area contributed by atoms with Crippen molar-refractivity contribution in [1.29, 1.82) is 0 Å². The zero-order chi connectivity index (χ0) is 28.4. The number of alkyl halides is 3. The summed E-state index contributed by atoms with van der Waals surface area (Å²) < 4.78 is 43.4. The van der Waals surface area contributed by atoms with E-state index in [4.69, 9.17) is 0 Å². The van der Waals surface area contributed by atoms with Gasteiger partial charge in [0.1, 0.15) is 5.75 Å². The third-order valence-corrected chi connectivity index (χ3v) is 7.36. The zero-order valence-electron chi connectivity index (χ0n) is 22.7. The van der Waals surface area contributed by atoms with Gasteiger partial charge in [-0.1, -0.05) is 39.8 Å². The Morgan fingerprint density at radius 3 is 2.36 bits per heavy atom. The minimum absolute atomic E-state index is 0.130. The van der Waals surface area contributed by atoms with Crippen molar-refractivity contribution in [2.45, 2.75) is 64.3 Å². The number of nitrogens with one attached hydrogen (secondary N) is 1. The van der Waals surface area contributed by atoms with Gasteiger partial charge in [0.05, 0.1) is 17.4 Å². The number of benzene rings is 1. The Balaban J connectivity index is 1.64. The van der Waals surface area contributed by atoms with E-state index in [1.807, 2.05) is 12.1 Å². The number of phenols is 1. The second kappa shape index (κ2) is 11.0. The quantitative estimate of drug-likeness (QED) is 0.218. The Morgan fingerprint density at radius 2 is 1.72 bits per heavy atom. The Bertz CT molecular complexity index is 1420. The smallest absolute Gasteiger partial charge is 0.417 e. The van der Waals surface area contributed by atoms with Crippen molar-refractivity contribution in [3.8, 4) is 16.9 Å². The van der Waals surface area contributed by atoms with Crippen LogP contribution >= 0.6 is 0 Å². The number of aromatic nitrogens is 3. The standard InChI is InChI=1S/C30H35F3N4O2/c1-5-37(6-2)18-24-13-22-12-23(36-26(22)17-35-24)15-29(39,30(31,32)33)19-28(3,4)25-14-20(9-10-27(25)38)21-8-7-11-34-16-21/h7-14,16-17,36,38-39H,5-6,15,18-19H2,1-4H3. The second-order valence-electron chi connectivity index (χ2n) is 10.8. The van der Waals surface area contributed by atoms with Crippen LogP contribution in [-0.4, -0.2) is 54.9 Å². The van der Waals surface area contributed by atoms with Gasteiger partial charge in [0.15, 0.2) is 5.60 Å². The van der Waals surface area contributed by atoms with E-state index in [1.54, 1.807) is 56.7 Å². The number of rotatable bonds is 10. The number of aromatic hydroxyl groups is 1. The van der Waals surface area contributed by atoms with Crippen LogP contribution in [0.2, 0.25) is 0 Å². The maximum absolute atomic E-state index is 14.5. The summed E-state index contributed by atoms with van der Waals surface area (Å²) in [6.07, 6.45) is -1.34. The van der Waals surface area contributed by atoms with Crippen molar-refractivity contribution >= 4 is 10.9 Å². The van der Waals surface area contributed by atoms with E-state index in [0.29, 0.717) is 23.2 Å². The SMILES string of the molecule is CCN(CC)Cc1cc2cc(CC(O)(CC(C)(C)c3cc(-c4cccnc4)ccc3O)C(F)(F)F)[nH]c2cn1. The molecule has 1 aromatic carbocycles. The van der Waals surface area contributed by atoms with Gasteiger partial charge in [0.2, 0.25) is 0 Å². The molecule has 208 valence electrons. The summed E-state index contributed by atoms with van der Waals surface area (Å²) in [5.74, 6) is -0.130. The van der Waals surface area contributed by atoms with E-state index in [-0.39, 0.29) is 11.4 Å². The molecule has 3 aromatic heterocycles. The zero-order valence-corrected chi connectivity index (χ0v) is 22.7. The summed E-state index contributed by atoms with van der Waals surface area (Å²) in [4.78, 5) is 13.8. The van der Waals surface area contributed by atoms with E-state index >= 15 is 0 Å². The maximum Gasteiger partial charge on any atom is 0.417 e. The van der Waals surface area contributed by atoms with Gasteiger partial charge in [-0.3, -0.25) is 14.9 Å². The lowest BCUT2D eigenvalue weighted by atomic mass is 9.72. The average molecular weight is 541 g/mol. The molecule has 0 bridgehead atoms. The van der Waals surface area contributed by atoms with E-state index in [9.17, 15) is 23.4 Å². The molecule has 6 nitrogen and oxygen atoms in total. The van der Waals surface area contributed by atoms with Gasteiger partial charge >= 0.3 is 6.18 Å². The Morgan fingerprint density at radius 1 is 0.974 bits per heavy atom. The highest BCUT2D eigenvalue weighted by atomic mass is 19.4. The number of hydrogen-bond donors (Lipinski definition) is 3. The van der Waals surface area contributed by atoms with Crippen LogP contribution in [0.25, 0.3) is 22.0 Å². The molecule has 0 amide bonds. The largest absolute Gasteiger partial charge is 0.508 e. The minimum Gasteiger partial charge on any atom is -0.508 e. The van der Waals surface area contributed by atoms with Crippen molar-refractivity contribution < 1.29 is 23.4 Å². The van der Waals surface area contributed by atoms with Gasteiger partial charge in [-0.05, 0) is 60.8 Å². The normalized spacial score (nSPS) is 14.2. The van der Waals surface area contributed by atoms with E-state index in [1.165, 1.54) is 6.07 Å². The molecule has 0 fully saturated rings. The summed E-state index contributed by atoms with van der Waals surface area (Å²) in [6.45, 7) is 9.69. The number of pyridine rings is 2. The predicted octanol–water partition coefficient (Wildman–Crippen LogP) is 6.38. The topological polar surface area (TPSA) is 85.3 Å². The fourth-order valence-corrected chi connectivity index (χ4v) is 5.19. The van der Waals surface area contributed by atoms with Crippen molar-refractivity contribution in [1.82, 2.24) is 19.9 Å². The monoisotopic (exact) mass is 540 g/mol. The lowest BCUT2D eigenvalue weighted by molar-refractivity contribution is -0.266. The molecule has 1 unspecified atom stereocenters. The molecular weight excluding hydrogens is 505 g/mol. The number of hydrogen-bond acceptors (Lipinski definition) is 5. The maximum atomic E-state index is 14.5. The van der Waals surface area contributed by atoms with Crippen molar-refractivity contribution in [2.24, 2.45) is 0 Å². The average Bonchev–Trinajstić information content (AvgIpc) is 3.28. The molecule has 0 saturated carbocycles. The van der Waals surface area contributed by atoms with E-state index < -0.39 is 30.0 Å². The molecule has 4 aromatic rings. The molecule has 3 heterocycles. The summed E-state index contributed by atoms with van der Waals surface area (Å²) in [6, 6.07) is 11.9.